The molecule has 0 radical (unpaired) electrons. The van der Waals surface area contributed by atoms with Gasteiger partial charge in [-0.25, -0.2) is 4.98 Å². The van der Waals surface area contributed by atoms with E-state index >= 15 is 0 Å². The van der Waals surface area contributed by atoms with Crippen molar-refractivity contribution < 1.29 is 4.74 Å². The molecule has 2 fully saturated rings. The maximum atomic E-state index is 5.83. The van der Waals surface area contributed by atoms with E-state index in [1.54, 1.807) is 0 Å². The van der Waals surface area contributed by atoms with Crippen molar-refractivity contribution >= 4 is 24.8 Å². The zero-order chi connectivity index (χ0) is 14.9. The van der Waals surface area contributed by atoms with E-state index in [1.165, 1.54) is 18.7 Å². The van der Waals surface area contributed by atoms with Gasteiger partial charge in [0, 0.05) is 25.0 Å². The lowest BCUT2D eigenvalue weighted by molar-refractivity contribution is 0.0636. The van der Waals surface area contributed by atoms with Crippen LogP contribution in [-0.2, 0) is 11.3 Å². The average molecular weight is 365 g/mol. The lowest BCUT2D eigenvalue weighted by Gasteiger charge is -2.38. The molecule has 1 atom stereocenters. The summed E-state index contributed by atoms with van der Waals surface area (Å²) in [4.78, 5) is 7.06. The minimum absolute atomic E-state index is 0. The van der Waals surface area contributed by atoms with Crippen molar-refractivity contribution in [2.24, 2.45) is 11.1 Å². The first-order chi connectivity index (χ1) is 10.1. The standard InChI is InChI=1S/C16H28N4O.2ClH/c1-13(2)20-8-5-18-15(20)11-19-6-3-16(4-7-19)9-14(10-17)21-12-16;;/h5,8,13-14H,3-4,6-7,9-12,17H2,1-2H3;2*1H. The van der Waals surface area contributed by atoms with Crippen LogP contribution in [0, 0.1) is 5.41 Å². The van der Waals surface area contributed by atoms with Gasteiger partial charge in [0.1, 0.15) is 5.82 Å². The molecule has 7 heteroatoms. The number of imidazole rings is 1. The Morgan fingerprint density at radius 1 is 1.35 bits per heavy atom. The van der Waals surface area contributed by atoms with Crippen LogP contribution >= 0.6 is 24.8 Å². The summed E-state index contributed by atoms with van der Waals surface area (Å²) >= 11 is 0. The molecule has 0 saturated carbocycles. The van der Waals surface area contributed by atoms with Crippen molar-refractivity contribution in [2.45, 2.75) is 51.8 Å². The van der Waals surface area contributed by atoms with Crippen LogP contribution in [0.4, 0.5) is 0 Å². The first-order valence-electron chi connectivity index (χ1n) is 8.18. The number of likely N-dealkylation sites (tertiary alicyclic amines) is 1. The Labute approximate surface area is 151 Å². The predicted molar refractivity (Wildman–Crippen MR) is 97.5 cm³/mol. The van der Waals surface area contributed by atoms with Gasteiger partial charge >= 0.3 is 0 Å². The zero-order valence-electron chi connectivity index (χ0n) is 14.1. The van der Waals surface area contributed by atoms with E-state index in [0.29, 0.717) is 18.0 Å². The molecule has 0 amide bonds. The minimum atomic E-state index is 0. The van der Waals surface area contributed by atoms with E-state index in [-0.39, 0.29) is 30.9 Å². The highest BCUT2D eigenvalue weighted by Gasteiger charge is 2.41. The molecule has 134 valence electrons. The summed E-state index contributed by atoms with van der Waals surface area (Å²) in [5, 5.41) is 0. The Morgan fingerprint density at radius 3 is 2.61 bits per heavy atom. The zero-order valence-corrected chi connectivity index (χ0v) is 15.7. The third-order valence-electron chi connectivity index (χ3n) is 5.14. The maximum Gasteiger partial charge on any atom is 0.123 e. The molecule has 23 heavy (non-hydrogen) atoms. The smallest absolute Gasteiger partial charge is 0.123 e. The number of hydrogen-bond donors (Lipinski definition) is 1. The largest absolute Gasteiger partial charge is 0.376 e. The van der Waals surface area contributed by atoms with Crippen LogP contribution in [0.3, 0.4) is 0 Å². The number of piperidine rings is 1. The molecule has 2 aliphatic rings. The molecule has 0 aromatic carbocycles. The Kier molecular flexibility index (Phi) is 7.81. The van der Waals surface area contributed by atoms with Crippen LogP contribution in [0.2, 0.25) is 0 Å². The number of halogens is 2. The van der Waals surface area contributed by atoms with E-state index in [2.05, 4.69) is 34.5 Å². The second-order valence-electron chi connectivity index (χ2n) is 6.99. The van der Waals surface area contributed by atoms with Gasteiger partial charge in [0.25, 0.3) is 0 Å². The topological polar surface area (TPSA) is 56.3 Å². The molecule has 2 N–H and O–H groups in total. The maximum absolute atomic E-state index is 5.83. The highest BCUT2D eigenvalue weighted by atomic mass is 35.5. The van der Waals surface area contributed by atoms with Crippen LogP contribution in [0.25, 0.3) is 0 Å². The number of nitrogens with zero attached hydrogens (tertiary/aromatic N) is 3. The van der Waals surface area contributed by atoms with Crippen molar-refractivity contribution in [1.82, 2.24) is 14.5 Å². The van der Waals surface area contributed by atoms with Crippen molar-refractivity contribution in [1.29, 1.82) is 0 Å². The van der Waals surface area contributed by atoms with E-state index < -0.39 is 0 Å². The predicted octanol–water partition coefficient (Wildman–Crippen LogP) is 2.64. The van der Waals surface area contributed by atoms with Crippen LogP contribution in [0.15, 0.2) is 12.4 Å². The number of nitrogens with two attached hydrogens (primary N) is 1. The van der Waals surface area contributed by atoms with Gasteiger partial charge in [0.05, 0.1) is 19.3 Å². The fourth-order valence-electron chi connectivity index (χ4n) is 3.72. The second-order valence-corrected chi connectivity index (χ2v) is 6.99. The molecule has 1 aromatic rings. The Morgan fingerprint density at radius 2 is 2.04 bits per heavy atom. The van der Waals surface area contributed by atoms with Gasteiger partial charge in [-0.15, -0.1) is 24.8 Å². The van der Waals surface area contributed by atoms with E-state index in [4.69, 9.17) is 10.5 Å². The molecule has 0 aliphatic carbocycles. The third-order valence-corrected chi connectivity index (χ3v) is 5.14. The Balaban J connectivity index is 0.00000132. The molecule has 3 rings (SSSR count). The first-order valence-corrected chi connectivity index (χ1v) is 8.18. The summed E-state index contributed by atoms with van der Waals surface area (Å²) in [6.07, 6.45) is 7.89. The van der Waals surface area contributed by atoms with Gasteiger partial charge in [-0.3, -0.25) is 4.90 Å². The lowest BCUT2D eigenvalue weighted by Crippen LogP contribution is -2.40. The monoisotopic (exact) mass is 364 g/mol. The number of rotatable bonds is 4. The van der Waals surface area contributed by atoms with E-state index in [0.717, 1.165) is 32.7 Å². The Bertz CT molecular complexity index is 472. The van der Waals surface area contributed by atoms with Crippen molar-refractivity contribution in [2.75, 3.05) is 26.2 Å². The number of hydrogen-bond acceptors (Lipinski definition) is 4. The lowest BCUT2D eigenvalue weighted by atomic mass is 9.76. The normalized spacial score (nSPS) is 23.7. The summed E-state index contributed by atoms with van der Waals surface area (Å²) in [7, 11) is 0. The Hall–Kier alpha value is -0.330. The molecular formula is C16H30Cl2N4O. The van der Waals surface area contributed by atoms with Crippen molar-refractivity contribution in [3.8, 4) is 0 Å². The van der Waals surface area contributed by atoms with Crippen LogP contribution in [0.1, 0.15) is 45.0 Å². The SMILES string of the molecule is CC(C)n1ccnc1CN1CCC2(CC1)COC(CN)C2.Cl.Cl. The number of aromatic nitrogens is 2. The van der Waals surface area contributed by atoms with Crippen LogP contribution in [-0.4, -0.2) is 46.8 Å². The molecular weight excluding hydrogens is 335 g/mol. The van der Waals surface area contributed by atoms with Gasteiger partial charge in [0.2, 0.25) is 0 Å². The van der Waals surface area contributed by atoms with Gasteiger partial charge in [-0.2, -0.15) is 0 Å². The third kappa shape index (κ3) is 4.60. The van der Waals surface area contributed by atoms with Crippen molar-refractivity contribution in [3.05, 3.63) is 18.2 Å². The first kappa shape index (κ1) is 20.7. The summed E-state index contributed by atoms with van der Waals surface area (Å²) in [6, 6.07) is 0.479. The highest BCUT2D eigenvalue weighted by Crippen LogP contribution is 2.41. The quantitative estimate of drug-likeness (QED) is 0.891. The fraction of sp³-hybridized carbons (Fsp3) is 0.812. The second kappa shape index (κ2) is 8.67. The van der Waals surface area contributed by atoms with E-state index in [1.807, 2.05) is 6.20 Å². The molecule has 2 aliphatic heterocycles. The van der Waals surface area contributed by atoms with Gasteiger partial charge in [0.15, 0.2) is 0 Å². The van der Waals surface area contributed by atoms with Gasteiger partial charge in [-0.05, 0) is 51.6 Å². The molecule has 2 saturated heterocycles. The van der Waals surface area contributed by atoms with Gasteiger partial charge < -0.3 is 15.0 Å². The van der Waals surface area contributed by atoms with Crippen LogP contribution in [0.5, 0.6) is 0 Å². The average Bonchev–Trinajstić information content (AvgIpc) is 3.09. The summed E-state index contributed by atoms with van der Waals surface area (Å²) < 4.78 is 8.10. The summed E-state index contributed by atoms with van der Waals surface area (Å²) in [6.45, 7) is 9.23. The van der Waals surface area contributed by atoms with Crippen molar-refractivity contribution in [3.63, 3.8) is 0 Å². The summed E-state index contributed by atoms with van der Waals surface area (Å²) in [5.41, 5.74) is 6.14. The molecule has 3 heterocycles. The number of ether oxygens (including phenoxy) is 1. The van der Waals surface area contributed by atoms with Crippen LogP contribution < -0.4 is 5.73 Å². The summed E-state index contributed by atoms with van der Waals surface area (Å²) in [5.74, 6) is 1.18. The molecule has 1 spiro atoms. The fourth-order valence-corrected chi connectivity index (χ4v) is 3.72. The minimum Gasteiger partial charge on any atom is -0.376 e. The molecule has 0 bridgehead atoms. The molecule has 1 aromatic heterocycles. The highest BCUT2D eigenvalue weighted by molar-refractivity contribution is 5.85. The van der Waals surface area contributed by atoms with Gasteiger partial charge in [-0.1, -0.05) is 0 Å². The molecule has 1 unspecified atom stereocenters. The molecule has 5 nitrogen and oxygen atoms in total. The van der Waals surface area contributed by atoms with E-state index in [9.17, 15) is 0 Å².